The molecule has 2 heterocycles. The first kappa shape index (κ1) is 13.9. The highest BCUT2D eigenvalue weighted by molar-refractivity contribution is 7.98. The van der Waals surface area contributed by atoms with Crippen molar-refractivity contribution in [3.63, 3.8) is 0 Å². The number of aromatic nitrogens is 2. The Labute approximate surface area is 128 Å². The van der Waals surface area contributed by atoms with Gasteiger partial charge in [0, 0.05) is 17.9 Å². The van der Waals surface area contributed by atoms with Gasteiger partial charge in [-0.1, -0.05) is 49.4 Å². The van der Waals surface area contributed by atoms with Crippen molar-refractivity contribution < 1.29 is 0 Å². The third-order valence-corrected chi connectivity index (χ3v) is 5.28. The first-order valence-electron chi connectivity index (χ1n) is 6.97. The van der Waals surface area contributed by atoms with Crippen LogP contribution in [0.15, 0.2) is 24.3 Å². The average molecular weight is 305 g/mol. The number of fused-ring (bicyclic) bond motifs is 1. The molecule has 5 heteroatoms. The summed E-state index contributed by atoms with van der Waals surface area (Å²) < 4.78 is 0. The molecule has 0 radical (unpaired) electrons. The summed E-state index contributed by atoms with van der Waals surface area (Å²) >= 11 is 3.66. The number of hydrogen-bond acceptors (Lipinski definition) is 5. The second kappa shape index (κ2) is 6.14. The molecular weight excluding hydrogens is 286 g/mol. The van der Waals surface area contributed by atoms with E-state index < -0.39 is 0 Å². The number of nitrogens with one attached hydrogen (secondary N) is 1. The van der Waals surface area contributed by atoms with Crippen molar-refractivity contribution in [3.05, 3.63) is 40.4 Å². The molecule has 0 spiro atoms. The van der Waals surface area contributed by atoms with Crippen LogP contribution >= 0.6 is 23.1 Å². The van der Waals surface area contributed by atoms with Gasteiger partial charge < -0.3 is 5.32 Å². The number of hydrogen-bond donors (Lipinski definition) is 1. The van der Waals surface area contributed by atoms with Crippen molar-refractivity contribution in [2.75, 3.05) is 11.1 Å². The Morgan fingerprint density at radius 3 is 3.00 bits per heavy atom. The summed E-state index contributed by atoms with van der Waals surface area (Å²) in [6, 6.07) is 9.04. The molecule has 0 bridgehead atoms. The number of rotatable bonds is 4. The third kappa shape index (κ3) is 3.15. The van der Waals surface area contributed by atoms with Crippen molar-refractivity contribution in [2.24, 2.45) is 5.92 Å². The molecule has 0 aliphatic carbocycles. The van der Waals surface area contributed by atoms with E-state index in [-0.39, 0.29) is 0 Å². The van der Waals surface area contributed by atoms with E-state index in [2.05, 4.69) is 53.6 Å². The molecule has 1 aromatic heterocycles. The SMILES string of the molecule is CC(C)Cc1nnc(NC2CSCc3ccccc32)s1. The minimum Gasteiger partial charge on any atom is -0.352 e. The van der Waals surface area contributed by atoms with E-state index >= 15 is 0 Å². The Balaban J connectivity index is 1.74. The molecule has 0 fully saturated rings. The normalized spacial score (nSPS) is 18.1. The third-order valence-electron chi connectivity index (χ3n) is 3.32. The molecule has 0 saturated carbocycles. The first-order chi connectivity index (χ1) is 9.72. The summed E-state index contributed by atoms with van der Waals surface area (Å²) in [7, 11) is 0. The van der Waals surface area contributed by atoms with Crippen LogP contribution < -0.4 is 5.32 Å². The van der Waals surface area contributed by atoms with Gasteiger partial charge in [-0.25, -0.2) is 0 Å². The first-order valence-corrected chi connectivity index (χ1v) is 8.94. The number of benzene rings is 1. The van der Waals surface area contributed by atoms with Gasteiger partial charge in [-0.3, -0.25) is 0 Å². The van der Waals surface area contributed by atoms with Crippen molar-refractivity contribution in [3.8, 4) is 0 Å². The van der Waals surface area contributed by atoms with Gasteiger partial charge in [0.05, 0.1) is 6.04 Å². The Kier molecular flexibility index (Phi) is 4.27. The lowest BCUT2D eigenvalue weighted by Gasteiger charge is -2.25. The van der Waals surface area contributed by atoms with E-state index in [4.69, 9.17) is 0 Å². The minimum absolute atomic E-state index is 0.352. The van der Waals surface area contributed by atoms with Gasteiger partial charge in [0.1, 0.15) is 5.01 Å². The fraction of sp³-hybridized carbons (Fsp3) is 0.467. The van der Waals surface area contributed by atoms with Gasteiger partial charge in [-0.15, -0.1) is 10.2 Å². The van der Waals surface area contributed by atoms with E-state index in [0.29, 0.717) is 12.0 Å². The van der Waals surface area contributed by atoms with Gasteiger partial charge in [0.2, 0.25) is 5.13 Å². The van der Waals surface area contributed by atoms with Crippen LogP contribution in [0.25, 0.3) is 0 Å². The van der Waals surface area contributed by atoms with Crippen molar-refractivity contribution in [1.82, 2.24) is 10.2 Å². The summed E-state index contributed by atoms with van der Waals surface area (Å²) in [5, 5.41) is 14.2. The maximum absolute atomic E-state index is 4.28. The van der Waals surface area contributed by atoms with E-state index in [1.54, 1.807) is 11.3 Å². The lowest BCUT2D eigenvalue weighted by molar-refractivity contribution is 0.640. The summed E-state index contributed by atoms with van der Waals surface area (Å²) in [6.45, 7) is 4.42. The minimum atomic E-state index is 0.352. The van der Waals surface area contributed by atoms with Crippen LogP contribution in [-0.4, -0.2) is 16.0 Å². The maximum atomic E-state index is 4.28. The average Bonchev–Trinajstić information content (AvgIpc) is 2.86. The molecule has 1 aliphatic rings. The van der Waals surface area contributed by atoms with Crippen LogP contribution in [0, 0.1) is 5.92 Å². The predicted molar refractivity (Wildman–Crippen MR) is 87.4 cm³/mol. The van der Waals surface area contributed by atoms with E-state index in [0.717, 1.165) is 28.1 Å². The summed E-state index contributed by atoms with van der Waals surface area (Å²) in [5.41, 5.74) is 2.85. The summed E-state index contributed by atoms with van der Waals surface area (Å²) in [6.07, 6.45) is 1.01. The Hall–Kier alpha value is -1.07. The largest absolute Gasteiger partial charge is 0.352 e. The fourth-order valence-electron chi connectivity index (χ4n) is 2.39. The molecule has 106 valence electrons. The summed E-state index contributed by atoms with van der Waals surface area (Å²) in [4.78, 5) is 0. The zero-order valence-corrected chi connectivity index (χ0v) is 13.4. The molecule has 2 aromatic rings. The number of thioether (sulfide) groups is 1. The molecule has 0 amide bonds. The van der Waals surface area contributed by atoms with Crippen LogP contribution in [0.5, 0.6) is 0 Å². The lowest BCUT2D eigenvalue weighted by atomic mass is 10.0. The van der Waals surface area contributed by atoms with Crippen LogP contribution in [0.1, 0.15) is 36.0 Å². The van der Waals surface area contributed by atoms with Crippen LogP contribution in [0.4, 0.5) is 5.13 Å². The second-order valence-corrected chi connectivity index (χ2v) is 7.60. The van der Waals surface area contributed by atoms with Crippen molar-refractivity contribution >= 4 is 28.2 Å². The monoisotopic (exact) mass is 305 g/mol. The van der Waals surface area contributed by atoms with E-state index in [9.17, 15) is 0 Å². The van der Waals surface area contributed by atoms with Gasteiger partial charge in [-0.05, 0) is 17.0 Å². The predicted octanol–water partition coefficient (Wildman–Crippen LogP) is 4.14. The highest BCUT2D eigenvalue weighted by atomic mass is 32.2. The van der Waals surface area contributed by atoms with Crippen LogP contribution in [-0.2, 0) is 12.2 Å². The van der Waals surface area contributed by atoms with E-state index in [1.165, 1.54) is 11.1 Å². The molecule has 20 heavy (non-hydrogen) atoms. The topological polar surface area (TPSA) is 37.8 Å². The molecule has 1 aliphatic heterocycles. The van der Waals surface area contributed by atoms with Crippen LogP contribution in [0.3, 0.4) is 0 Å². The van der Waals surface area contributed by atoms with Gasteiger partial charge in [0.15, 0.2) is 0 Å². The summed E-state index contributed by atoms with van der Waals surface area (Å²) in [5.74, 6) is 2.83. The molecule has 1 unspecified atom stereocenters. The molecule has 1 aromatic carbocycles. The Bertz CT molecular complexity index is 580. The van der Waals surface area contributed by atoms with Crippen LogP contribution in [0.2, 0.25) is 0 Å². The standard InChI is InChI=1S/C15H19N3S2/c1-10(2)7-14-17-18-15(20-14)16-13-9-19-8-11-5-3-4-6-12(11)13/h3-6,10,13H,7-9H2,1-2H3,(H,16,18). The zero-order valence-electron chi connectivity index (χ0n) is 11.8. The lowest BCUT2D eigenvalue weighted by Crippen LogP contribution is -2.18. The Morgan fingerprint density at radius 2 is 2.15 bits per heavy atom. The van der Waals surface area contributed by atoms with Crippen molar-refractivity contribution in [1.29, 1.82) is 0 Å². The fourth-order valence-corrected chi connectivity index (χ4v) is 4.50. The van der Waals surface area contributed by atoms with Crippen molar-refractivity contribution in [2.45, 2.75) is 32.1 Å². The molecule has 0 saturated heterocycles. The van der Waals surface area contributed by atoms with Gasteiger partial charge >= 0.3 is 0 Å². The molecule has 3 rings (SSSR count). The Morgan fingerprint density at radius 1 is 1.30 bits per heavy atom. The number of nitrogens with zero attached hydrogens (tertiary/aromatic N) is 2. The highest BCUT2D eigenvalue weighted by Gasteiger charge is 2.21. The van der Waals surface area contributed by atoms with Gasteiger partial charge in [-0.2, -0.15) is 11.8 Å². The smallest absolute Gasteiger partial charge is 0.206 e. The molecular formula is C15H19N3S2. The maximum Gasteiger partial charge on any atom is 0.206 e. The van der Waals surface area contributed by atoms with E-state index in [1.807, 2.05) is 11.8 Å². The highest BCUT2D eigenvalue weighted by Crippen LogP contribution is 2.34. The van der Waals surface area contributed by atoms with Gasteiger partial charge in [0.25, 0.3) is 0 Å². The molecule has 1 N–H and O–H groups in total. The molecule has 3 nitrogen and oxygen atoms in total. The quantitative estimate of drug-likeness (QED) is 0.921. The second-order valence-electron chi connectivity index (χ2n) is 5.51. The molecule has 1 atom stereocenters. The zero-order chi connectivity index (χ0) is 13.9. The number of anilines is 1.